The largest absolute Gasteiger partial charge is 0.488 e. The lowest BCUT2D eigenvalue weighted by atomic mass is 9.92. The number of nitrogen functional groups attached to an aromatic ring is 1. The smallest absolute Gasteiger partial charge is 0.145 e. The van der Waals surface area contributed by atoms with Crippen LogP contribution >= 0.6 is 0 Å². The molecule has 0 heterocycles. The quantitative estimate of drug-likeness (QED) is 0.777. The van der Waals surface area contributed by atoms with E-state index in [0.717, 1.165) is 12.8 Å². The third kappa shape index (κ3) is 2.21. The van der Waals surface area contributed by atoms with Gasteiger partial charge in [0.25, 0.3) is 0 Å². The first-order chi connectivity index (χ1) is 7.19. The van der Waals surface area contributed by atoms with Crippen molar-refractivity contribution in [3.63, 3.8) is 0 Å². The van der Waals surface area contributed by atoms with E-state index in [0.29, 0.717) is 11.4 Å². The molecule has 2 N–H and O–H groups in total. The zero-order valence-corrected chi connectivity index (χ0v) is 8.57. The summed E-state index contributed by atoms with van der Waals surface area (Å²) in [5, 5.41) is 0. The number of hydrogen-bond donors (Lipinski definition) is 1. The second kappa shape index (κ2) is 4.06. The second-order valence-electron chi connectivity index (χ2n) is 3.75. The van der Waals surface area contributed by atoms with Gasteiger partial charge in [-0.2, -0.15) is 0 Å². The van der Waals surface area contributed by atoms with Crippen LogP contribution in [0.3, 0.4) is 0 Å². The van der Waals surface area contributed by atoms with Crippen molar-refractivity contribution >= 4 is 5.69 Å². The Bertz CT molecular complexity index is 350. The summed E-state index contributed by atoms with van der Waals surface area (Å²) in [6, 6.07) is 4.15. The Labute approximate surface area is 88.0 Å². The van der Waals surface area contributed by atoms with Crippen LogP contribution in [0.25, 0.3) is 0 Å². The maximum atomic E-state index is 12.9. The van der Waals surface area contributed by atoms with Gasteiger partial charge in [0.1, 0.15) is 17.7 Å². The van der Waals surface area contributed by atoms with Gasteiger partial charge < -0.3 is 15.2 Å². The highest BCUT2D eigenvalue weighted by Crippen LogP contribution is 2.31. The Hall–Kier alpha value is -1.29. The molecule has 1 aliphatic rings. The van der Waals surface area contributed by atoms with Gasteiger partial charge in [-0.3, -0.25) is 0 Å². The van der Waals surface area contributed by atoms with Crippen molar-refractivity contribution in [3.8, 4) is 5.75 Å². The molecular formula is C11H14FNO2. The lowest BCUT2D eigenvalue weighted by molar-refractivity contribution is -0.0379. The summed E-state index contributed by atoms with van der Waals surface area (Å²) in [6.45, 7) is 0. The molecule has 0 aromatic heterocycles. The van der Waals surface area contributed by atoms with Crippen LogP contribution in [0.1, 0.15) is 12.8 Å². The molecule has 0 spiro atoms. The van der Waals surface area contributed by atoms with E-state index in [9.17, 15) is 4.39 Å². The predicted octanol–water partition coefficient (Wildman–Crippen LogP) is 1.96. The monoisotopic (exact) mass is 211 g/mol. The minimum atomic E-state index is -0.332. The van der Waals surface area contributed by atoms with Crippen LogP contribution < -0.4 is 10.5 Å². The van der Waals surface area contributed by atoms with E-state index in [1.165, 1.54) is 18.2 Å². The van der Waals surface area contributed by atoms with Crippen molar-refractivity contribution in [2.45, 2.75) is 25.0 Å². The summed E-state index contributed by atoms with van der Waals surface area (Å²) in [7, 11) is 1.68. The Morgan fingerprint density at radius 1 is 1.33 bits per heavy atom. The number of methoxy groups -OCH3 is 1. The summed E-state index contributed by atoms with van der Waals surface area (Å²) in [6.07, 6.45) is 2.04. The topological polar surface area (TPSA) is 44.5 Å². The summed E-state index contributed by atoms with van der Waals surface area (Å²) in [4.78, 5) is 0. The highest BCUT2D eigenvalue weighted by atomic mass is 19.1. The highest BCUT2D eigenvalue weighted by Gasteiger charge is 2.31. The summed E-state index contributed by atoms with van der Waals surface area (Å²) < 4.78 is 23.6. The molecule has 82 valence electrons. The molecule has 0 unspecified atom stereocenters. The fourth-order valence-corrected chi connectivity index (χ4v) is 1.60. The molecule has 3 nitrogen and oxygen atoms in total. The molecule has 1 saturated carbocycles. The SMILES string of the molecule is COC1CC(Oc2cc(F)ccc2N)C1. The standard InChI is InChI=1S/C11H14FNO2/c1-14-8-5-9(6-8)15-11-4-7(12)2-3-10(11)13/h2-4,8-9H,5-6,13H2,1H3. The van der Waals surface area contributed by atoms with Gasteiger partial charge in [-0.1, -0.05) is 0 Å². The maximum Gasteiger partial charge on any atom is 0.145 e. The average Bonchev–Trinajstić information content (AvgIpc) is 2.16. The summed E-state index contributed by atoms with van der Waals surface area (Å²) >= 11 is 0. The normalized spacial score (nSPS) is 24.7. The van der Waals surface area contributed by atoms with Crippen molar-refractivity contribution < 1.29 is 13.9 Å². The molecule has 0 saturated heterocycles. The third-order valence-corrected chi connectivity index (χ3v) is 2.65. The van der Waals surface area contributed by atoms with Crippen LogP contribution in [0.15, 0.2) is 18.2 Å². The van der Waals surface area contributed by atoms with E-state index in [1.54, 1.807) is 7.11 Å². The number of anilines is 1. The zero-order valence-electron chi connectivity index (χ0n) is 8.57. The third-order valence-electron chi connectivity index (χ3n) is 2.65. The number of benzene rings is 1. The van der Waals surface area contributed by atoms with Gasteiger partial charge in [0.2, 0.25) is 0 Å². The van der Waals surface area contributed by atoms with E-state index in [-0.39, 0.29) is 18.0 Å². The predicted molar refractivity (Wildman–Crippen MR) is 55.3 cm³/mol. The molecule has 4 heteroatoms. The molecule has 0 amide bonds. The second-order valence-corrected chi connectivity index (χ2v) is 3.75. The number of ether oxygens (including phenoxy) is 2. The van der Waals surface area contributed by atoms with Crippen LogP contribution in [-0.2, 0) is 4.74 Å². The Morgan fingerprint density at radius 3 is 2.73 bits per heavy atom. The van der Waals surface area contributed by atoms with E-state index in [1.807, 2.05) is 0 Å². The summed E-state index contributed by atoms with van der Waals surface area (Å²) in [5.41, 5.74) is 6.13. The Morgan fingerprint density at radius 2 is 2.07 bits per heavy atom. The van der Waals surface area contributed by atoms with Crippen LogP contribution in [0, 0.1) is 5.82 Å². The maximum absolute atomic E-state index is 12.9. The molecule has 1 aromatic carbocycles. The van der Waals surface area contributed by atoms with Crippen molar-refractivity contribution in [2.75, 3.05) is 12.8 Å². The van der Waals surface area contributed by atoms with Crippen LogP contribution in [0.5, 0.6) is 5.75 Å². The molecular weight excluding hydrogens is 197 g/mol. The van der Waals surface area contributed by atoms with Gasteiger partial charge in [-0.15, -0.1) is 0 Å². The van der Waals surface area contributed by atoms with Crippen LogP contribution in [-0.4, -0.2) is 19.3 Å². The van der Waals surface area contributed by atoms with Gasteiger partial charge in [0, 0.05) is 26.0 Å². The van der Waals surface area contributed by atoms with E-state index in [2.05, 4.69) is 0 Å². The minimum Gasteiger partial charge on any atom is -0.488 e. The molecule has 15 heavy (non-hydrogen) atoms. The molecule has 0 aliphatic heterocycles. The zero-order chi connectivity index (χ0) is 10.8. The first-order valence-electron chi connectivity index (χ1n) is 4.93. The minimum absolute atomic E-state index is 0.0963. The van der Waals surface area contributed by atoms with E-state index >= 15 is 0 Å². The molecule has 1 aromatic rings. The van der Waals surface area contributed by atoms with Crippen LogP contribution in [0.2, 0.25) is 0 Å². The molecule has 1 aliphatic carbocycles. The van der Waals surface area contributed by atoms with Gasteiger partial charge in [-0.25, -0.2) is 4.39 Å². The van der Waals surface area contributed by atoms with Gasteiger partial charge >= 0.3 is 0 Å². The van der Waals surface area contributed by atoms with E-state index < -0.39 is 0 Å². The first-order valence-corrected chi connectivity index (χ1v) is 4.93. The summed E-state index contributed by atoms with van der Waals surface area (Å²) in [5.74, 6) is 0.0939. The number of rotatable bonds is 3. The Kier molecular flexibility index (Phi) is 2.77. The molecule has 0 bridgehead atoms. The number of hydrogen-bond acceptors (Lipinski definition) is 3. The van der Waals surface area contributed by atoms with Gasteiger partial charge in [0.05, 0.1) is 11.8 Å². The van der Waals surface area contributed by atoms with Crippen molar-refractivity contribution in [2.24, 2.45) is 0 Å². The average molecular weight is 211 g/mol. The first kappa shape index (κ1) is 10.2. The lowest BCUT2D eigenvalue weighted by Crippen LogP contribution is -2.38. The molecule has 2 rings (SSSR count). The fourth-order valence-electron chi connectivity index (χ4n) is 1.60. The highest BCUT2D eigenvalue weighted by molar-refractivity contribution is 5.52. The van der Waals surface area contributed by atoms with Crippen molar-refractivity contribution in [3.05, 3.63) is 24.0 Å². The van der Waals surface area contributed by atoms with Crippen molar-refractivity contribution in [1.82, 2.24) is 0 Å². The lowest BCUT2D eigenvalue weighted by Gasteiger charge is -2.34. The van der Waals surface area contributed by atoms with Gasteiger partial charge in [-0.05, 0) is 12.1 Å². The molecule has 0 radical (unpaired) electrons. The number of nitrogens with two attached hydrogens (primary N) is 1. The van der Waals surface area contributed by atoms with Crippen LogP contribution in [0.4, 0.5) is 10.1 Å². The van der Waals surface area contributed by atoms with Crippen molar-refractivity contribution in [1.29, 1.82) is 0 Å². The van der Waals surface area contributed by atoms with Gasteiger partial charge in [0.15, 0.2) is 0 Å². The molecule has 0 atom stereocenters. The van der Waals surface area contributed by atoms with E-state index in [4.69, 9.17) is 15.2 Å². The Balaban J connectivity index is 1.97. The molecule has 1 fully saturated rings. The number of halogens is 1. The fraction of sp³-hybridized carbons (Fsp3) is 0.455.